The van der Waals surface area contributed by atoms with Gasteiger partial charge in [0.2, 0.25) is 5.56 Å². The molecule has 2 aromatic heterocycles. The van der Waals surface area contributed by atoms with Gasteiger partial charge in [0.1, 0.15) is 5.82 Å². The highest BCUT2D eigenvalue weighted by Crippen LogP contribution is 2.30. The molecule has 0 aliphatic heterocycles. The monoisotopic (exact) mass is 411 g/mol. The molecule has 4 aromatic rings. The number of aryl methyl sites for hydroxylation is 3. The number of imidazole rings is 1. The Hall–Kier alpha value is -2.56. The van der Waals surface area contributed by atoms with Crippen molar-refractivity contribution in [1.82, 2.24) is 14.5 Å². The fourth-order valence-corrected chi connectivity index (χ4v) is 4.10. The lowest BCUT2D eigenvalue weighted by molar-refractivity contribution is 0.786. The van der Waals surface area contributed by atoms with Gasteiger partial charge in [0.05, 0.1) is 17.6 Å². The van der Waals surface area contributed by atoms with Crippen LogP contribution < -0.4 is 5.56 Å². The van der Waals surface area contributed by atoms with Crippen LogP contribution in [0.15, 0.2) is 47.3 Å². The molecular formula is C22H19Cl2N3O. The van der Waals surface area contributed by atoms with Gasteiger partial charge in [-0.3, -0.25) is 4.79 Å². The van der Waals surface area contributed by atoms with Gasteiger partial charge in [0.25, 0.3) is 0 Å². The molecule has 2 aromatic carbocycles. The number of fused-ring (bicyclic) bond motifs is 1. The number of pyridine rings is 1. The van der Waals surface area contributed by atoms with E-state index in [-0.39, 0.29) is 5.56 Å². The fourth-order valence-electron chi connectivity index (χ4n) is 3.73. The molecule has 142 valence electrons. The normalized spacial score (nSPS) is 11.3. The Morgan fingerprint density at radius 3 is 2.57 bits per heavy atom. The molecule has 0 amide bonds. The molecule has 0 aliphatic carbocycles. The molecule has 4 rings (SSSR count). The molecular weight excluding hydrogens is 393 g/mol. The van der Waals surface area contributed by atoms with Gasteiger partial charge >= 0.3 is 0 Å². The molecule has 0 bridgehead atoms. The second-order valence-electron chi connectivity index (χ2n) is 7.00. The van der Waals surface area contributed by atoms with E-state index in [2.05, 4.69) is 20.6 Å². The van der Waals surface area contributed by atoms with E-state index in [4.69, 9.17) is 23.2 Å². The van der Waals surface area contributed by atoms with Crippen LogP contribution in [-0.2, 0) is 6.54 Å². The van der Waals surface area contributed by atoms with Crippen molar-refractivity contribution in [1.29, 1.82) is 0 Å². The first kappa shape index (κ1) is 18.8. The standard InChI is InChI=1S/C22H19Cl2N3O/c1-12-8-21(28)25-13(2)22(12)15-4-7-19-20(10-15)27(14(3)26-19)11-16-9-17(23)5-6-18(16)24/h4-10H,11H2,1-3H3,(H,25,28). The van der Waals surface area contributed by atoms with Gasteiger partial charge in [0.15, 0.2) is 0 Å². The van der Waals surface area contributed by atoms with Crippen molar-refractivity contribution in [3.63, 3.8) is 0 Å². The maximum atomic E-state index is 11.7. The zero-order chi connectivity index (χ0) is 20.0. The second-order valence-corrected chi connectivity index (χ2v) is 7.84. The molecule has 0 unspecified atom stereocenters. The van der Waals surface area contributed by atoms with Crippen LogP contribution in [-0.4, -0.2) is 14.5 Å². The van der Waals surface area contributed by atoms with Gasteiger partial charge in [0, 0.05) is 27.4 Å². The van der Waals surface area contributed by atoms with E-state index in [0.717, 1.165) is 44.8 Å². The van der Waals surface area contributed by atoms with E-state index in [1.807, 2.05) is 45.0 Å². The number of aromatic amines is 1. The summed E-state index contributed by atoms with van der Waals surface area (Å²) in [6.45, 7) is 6.43. The zero-order valence-electron chi connectivity index (χ0n) is 15.8. The van der Waals surface area contributed by atoms with E-state index in [0.29, 0.717) is 16.6 Å². The molecule has 0 atom stereocenters. The van der Waals surface area contributed by atoms with Gasteiger partial charge in [-0.15, -0.1) is 0 Å². The van der Waals surface area contributed by atoms with Crippen molar-refractivity contribution in [2.24, 2.45) is 0 Å². The van der Waals surface area contributed by atoms with Crippen LogP contribution in [0.3, 0.4) is 0 Å². The predicted octanol–water partition coefficient (Wildman–Crippen LogP) is 5.67. The van der Waals surface area contributed by atoms with Crippen molar-refractivity contribution >= 4 is 34.2 Å². The van der Waals surface area contributed by atoms with Crippen LogP contribution in [0, 0.1) is 20.8 Å². The van der Waals surface area contributed by atoms with Crippen molar-refractivity contribution in [3.8, 4) is 11.1 Å². The molecule has 0 saturated heterocycles. The van der Waals surface area contributed by atoms with E-state index in [9.17, 15) is 4.79 Å². The van der Waals surface area contributed by atoms with E-state index < -0.39 is 0 Å². The molecule has 1 N–H and O–H groups in total. The molecule has 0 saturated carbocycles. The Balaban J connectivity index is 1.88. The van der Waals surface area contributed by atoms with Gasteiger partial charge < -0.3 is 9.55 Å². The number of rotatable bonds is 3. The fraction of sp³-hybridized carbons (Fsp3) is 0.182. The van der Waals surface area contributed by atoms with Crippen molar-refractivity contribution < 1.29 is 0 Å². The Morgan fingerprint density at radius 2 is 1.82 bits per heavy atom. The maximum absolute atomic E-state index is 11.7. The topological polar surface area (TPSA) is 50.7 Å². The van der Waals surface area contributed by atoms with E-state index in [1.165, 1.54) is 0 Å². The summed E-state index contributed by atoms with van der Waals surface area (Å²) in [4.78, 5) is 19.3. The Labute approximate surface area is 172 Å². The third-order valence-electron chi connectivity index (χ3n) is 4.99. The molecule has 28 heavy (non-hydrogen) atoms. The Morgan fingerprint density at radius 1 is 1.04 bits per heavy atom. The van der Waals surface area contributed by atoms with Gasteiger partial charge in [-0.2, -0.15) is 0 Å². The summed E-state index contributed by atoms with van der Waals surface area (Å²) < 4.78 is 2.13. The minimum Gasteiger partial charge on any atom is -0.326 e. The molecule has 0 radical (unpaired) electrons. The van der Waals surface area contributed by atoms with Crippen molar-refractivity contribution in [2.75, 3.05) is 0 Å². The molecule has 4 nitrogen and oxygen atoms in total. The average Bonchev–Trinajstić information content (AvgIpc) is 2.92. The van der Waals surface area contributed by atoms with Gasteiger partial charge in [-0.1, -0.05) is 29.3 Å². The van der Waals surface area contributed by atoms with Gasteiger partial charge in [-0.25, -0.2) is 4.98 Å². The van der Waals surface area contributed by atoms with Crippen LogP contribution >= 0.6 is 23.2 Å². The number of nitrogens with zero attached hydrogens (tertiary/aromatic N) is 2. The first-order valence-electron chi connectivity index (χ1n) is 8.95. The largest absolute Gasteiger partial charge is 0.326 e. The Kier molecular flexibility index (Phi) is 4.77. The number of hydrogen-bond acceptors (Lipinski definition) is 2. The maximum Gasteiger partial charge on any atom is 0.248 e. The number of aromatic nitrogens is 3. The summed E-state index contributed by atoms with van der Waals surface area (Å²) in [6.07, 6.45) is 0. The number of nitrogens with one attached hydrogen (secondary N) is 1. The van der Waals surface area contributed by atoms with E-state index in [1.54, 1.807) is 12.1 Å². The van der Waals surface area contributed by atoms with Crippen LogP contribution in [0.5, 0.6) is 0 Å². The Bertz CT molecular complexity index is 1240. The summed E-state index contributed by atoms with van der Waals surface area (Å²) >= 11 is 12.5. The summed E-state index contributed by atoms with van der Waals surface area (Å²) in [7, 11) is 0. The predicted molar refractivity (Wildman–Crippen MR) is 116 cm³/mol. The third kappa shape index (κ3) is 3.34. The quantitative estimate of drug-likeness (QED) is 0.471. The van der Waals surface area contributed by atoms with E-state index >= 15 is 0 Å². The highest BCUT2D eigenvalue weighted by molar-refractivity contribution is 6.33. The van der Waals surface area contributed by atoms with Crippen molar-refractivity contribution in [2.45, 2.75) is 27.3 Å². The second kappa shape index (κ2) is 7.12. The first-order chi connectivity index (χ1) is 13.3. The van der Waals surface area contributed by atoms with Crippen LogP contribution in [0.4, 0.5) is 0 Å². The minimum atomic E-state index is -0.0867. The number of hydrogen-bond donors (Lipinski definition) is 1. The summed E-state index contributed by atoms with van der Waals surface area (Å²) in [5.74, 6) is 0.901. The molecule has 0 aliphatic rings. The lowest BCUT2D eigenvalue weighted by Gasteiger charge is -2.12. The zero-order valence-corrected chi connectivity index (χ0v) is 17.3. The summed E-state index contributed by atoms with van der Waals surface area (Å²) in [6, 6.07) is 13.3. The van der Waals surface area contributed by atoms with Crippen LogP contribution in [0.25, 0.3) is 22.2 Å². The van der Waals surface area contributed by atoms with Crippen molar-refractivity contribution in [3.05, 3.63) is 85.5 Å². The number of H-pyrrole nitrogens is 1. The highest BCUT2D eigenvalue weighted by Gasteiger charge is 2.13. The SMILES string of the molecule is Cc1cc(=O)[nH]c(C)c1-c1ccc2nc(C)n(Cc3cc(Cl)ccc3Cl)c2c1. The van der Waals surface area contributed by atoms with Crippen LogP contribution in [0.2, 0.25) is 10.0 Å². The van der Waals surface area contributed by atoms with Crippen LogP contribution in [0.1, 0.15) is 22.6 Å². The summed E-state index contributed by atoms with van der Waals surface area (Å²) in [5, 5.41) is 1.33. The number of halogens is 2. The molecule has 6 heteroatoms. The lowest BCUT2D eigenvalue weighted by Crippen LogP contribution is -2.08. The average molecular weight is 412 g/mol. The number of benzene rings is 2. The molecule has 0 fully saturated rings. The molecule has 0 spiro atoms. The third-order valence-corrected chi connectivity index (χ3v) is 5.60. The first-order valence-corrected chi connectivity index (χ1v) is 9.71. The van der Waals surface area contributed by atoms with Gasteiger partial charge in [-0.05, 0) is 67.8 Å². The summed E-state index contributed by atoms with van der Waals surface area (Å²) in [5.41, 5.74) is 6.65. The lowest BCUT2D eigenvalue weighted by atomic mass is 9.99. The smallest absolute Gasteiger partial charge is 0.248 e. The highest BCUT2D eigenvalue weighted by atomic mass is 35.5. The minimum absolute atomic E-state index is 0.0867. The molecule has 2 heterocycles.